The fraction of sp³-hybridized carbons (Fsp3) is 0.455. The van der Waals surface area contributed by atoms with Gasteiger partial charge in [-0.3, -0.25) is 4.28 Å². The molecule has 1 aliphatic heterocycles. The van der Waals surface area contributed by atoms with Crippen molar-refractivity contribution >= 4 is 26.9 Å². The molecule has 0 saturated heterocycles. The van der Waals surface area contributed by atoms with E-state index in [1.165, 1.54) is 24.6 Å². The highest BCUT2D eigenvalue weighted by Crippen LogP contribution is 2.31. The van der Waals surface area contributed by atoms with E-state index >= 15 is 0 Å². The Bertz CT molecular complexity index is 912. The second-order valence-electron chi connectivity index (χ2n) is 7.00. The summed E-state index contributed by atoms with van der Waals surface area (Å²) in [4.78, 5) is 0.843. The highest BCUT2D eigenvalue weighted by atomic mass is 32.2. The molecule has 2 rings (SSSR count). The van der Waals surface area contributed by atoms with Gasteiger partial charge in [-0.2, -0.15) is 13.7 Å². The van der Waals surface area contributed by atoms with E-state index in [2.05, 4.69) is 18.1 Å². The average Bonchev–Trinajstić information content (AvgIpc) is 3.15. The lowest BCUT2D eigenvalue weighted by Crippen LogP contribution is -2.08. The van der Waals surface area contributed by atoms with Gasteiger partial charge in [0.2, 0.25) is 0 Å². The highest BCUT2D eigenvalue weighted by molar-refractivity contribution is 8.18. The van der Waals surface area contributed by atoms with Crippen LogP contribution in [0.4, 0.5) is 0 Å². The van der Waals surface area contributed by atoms with E-state index in [0.29, 0.717) is 11.5 Å². The molecule has 0 amide bonds. The number of unbranched alkanes of at least 4 members (excludes halogenated alkanes) is 5. The van der Waals surface area contributed by atoms with E-state index in [1.54, 1.807) is 6.08 Å². The predicted molar refractivity (Wildman–Crippen MR) is 120 cm³/mol. The molecule has 0 spiro atoms. The van der Waals surface area contributed by atoms with Crippen molar-refractivity contribution in [2.45, 2.75) is 58.3 Å². The summed E-state index contributed by atoms with van der Waals surface area (Å²) in [6.45, 7) is 4.13. The van der Waals surface area contributed by atoms with Crippen LogP contribution in [-0.4, -0.2) is 19.2 Å². The van der Waals surface area contributed by atoms with Gasteiger partial charge >= 0.3 is 10.1 Å². The minimum absolute atomic E-state index is 0.0171. The predicted octanol–water partition coefficient (Wildman–Crippen LogP) is 5.81. The number of hydrogen-bond acceptors (Lipinski definition) is 6. The van der Waals surface area contributed by atoms with E-state index in [9.17, 15) is 13.7 Å². The van der Waals surface area contributed by atoms with Gasteiger partial charge in [0.1, 0.15) is 5.04 Å². The number of rotatable bonds is 11. The number of oxime groups is 1. The molecule has 1 heterocycles. The number of hydrogen-bond donors (Lipinski definition) is 0. The molecule has 0 fully saturated rings. The van der Waals surface area contributed by atoms with Gasteiger partial charge in [-0.05, 0) is 42.7 Å². The molecule has 1 aromatic carbocycles. The van der Waals surface area contributed by atoms with Crippen molar-refractivity contribution in [2.75, 3.05) is 5.75 Å². The molecule has 7 heteroatoms. The zero-order valence-electron chi connectivity index (χ0n) is 17.0. The molecule has 0 aliphatic carbocycles. The summed E-state index contributed by atoms with van der Waals surface area (Å²) in [6, 6.07) is 10.1. The molecule has 1 aromatic rings. The van der Waals surface area contributed by atoms with Gasteiger partial charge in [-0.1, -0.05) is 80.2 Å². The number of benzene rings is 1. The maximum atomic E-state index is 12.0. The van der Waals surface area contributed by atoms with E-state index in [0.717, 1.165) is 35.3 Å². The van der Waals surface area contributed by atoms with Crippen LogP contribution >= 0.6 is 11.8 Å². The van der Waals surface area contributed by atoms with Crippen molar-refractivity contribution in [1.29, 1.82) is 5.26 Å². The van der Waals surface area contributed by atoms with Gasteiger partial charge in [-0.15, -0.1) is 0 Å². The Balaban J connectivity index is 1.87. The first kappa shape index (κ1) is 23.2. The van der Waals surface area contributed by atoms with Crippen LogP contribution in [0.3, 0.4) is 0 Å². The molecule has 1 aliphatic rings. The van der Waals surface area contributed by atoms with Gasteiger partial charge < -0.3 is 0 Å². The van der Waals surface area contributed by atoms with E-state index in [-0.39, 0.29) is 11.7 Å². The summed E-state index contributed by atoms with van der Waals surface area (Å²) >= 11 is 1.29. The lowest BCUT2D eigenvalue weighted by Gasteiger charge is -2.08. The largest absolute Gasteiger partial charge is 0.328 e. The Morgan fingerprint density at radius 1 is 1.17 bits per heavy atom. The number of allylic oxidation sites excluding steroid dienone is 2. The molecule has 0 aromatic heterocycles. The van der Waals surface area contributed by atoms with Crippen molar-refractivity contribution in [3.05, 3.63) is 58.5 Å². The topological polar surface area (TPSA) is 79.5 Å². The molecule has 5 nitrogen and oxygen atoms in total. The molecule has 1 unspecified atom stereocenters. The van der Waals surface area contributed by atoms with Gasteiger partial charge in [-0.25, -0.2) is 0 Å². The van der Waals surface area contributed by atoms with E-state index < -0.39 is 10.1 Å². The van der Waals surface area contributed by atoms with Crippen molar-refractivity contribution in [1.82, 2.24) is 0 Å². The van der Waals surface area contributed by atoms with Gasteiger partial charge in [0.25, 0.3) is 0 Å². The van der Waals surface area contributed by atoms with Gasteiger partial charge in [0.05, 0.1) is 17.7 Å². The monoisotopic (exact) mass is 432 g/mol. The Labute approximate surface area is 178 Å². The van der Waals surface area contributed by atoms with Crippen LogP contribution in [0.5, 0.6) is 0 Å². The Hall–Kier alpha value is -2.04. The van der Waals surface area contributed by atoms with Crippen LogP contribution in [0.25, 0.3) is 0 Å². The average molecular weight is 433 g/mol. The summed E-state index contributed by atoms with van der Waals surface area (Å²) in [6.07, 6.45) is 11.4. The molecule has 0 bridgehead atoms. The fourth-order valence-corrected chi connectivity index (χ4v) is 4.63. The second kappa shape index (κ2) is 11.8. The minimum atomic E-state index is -3.66. The lowest BCUT2D eigenvalue weighted by molar-refractivity contribution is 0.339. The molecular formula is C22H28N2O3S2. The third kappa shape index (κ3) is 8.08. The van der Waals surface area contributed by atoms with Gasteiger partial charge in [0, 0.05) is 4.91 Å². The number of thioether (sulfide) groups is 1. The number of aryl methyl sites for hydroxylation is 1. The van der Waals surface area contributed by atoms with Crippen molar-refractivity contribution in [3.8, 4) is 6.07 Å². The normalized spacial score (nSPS) is 17.6. The Kier molecular flexibility index (Phi) is 9.49. The third-order valence-electron chi connectivity index (χ3n) is 4.59. The number of nitrogens with zero attached hydrogens (tertiary/aromatic N) is 2. The molecular weight excluding hydrogens is 404 g/mol. The Morgan fingerprint density at radius 2 is 1.90 bits per heavy atom. The van der Waals surface area contributed by atoms with Crippen LogP contribution in [0.2, 0.25) is 0 Å². The molecule has 0 radical (unpaired) electrons. The SMILES string of the molecule is CCCCCCCCS(=O)(=O)ON=C1C=CC(=CC(C#N)c2ccccc2C)S1. The molecule has 156 valence electrons. The summed E-state index contributed by atoms with van der Waals surface area (Å²) in [5.41, 5.74) is 2.01. The maximum Gasteiger partial charge on any atom is 0.328 e. The summed E-state index contributed by atoms with van der Waals surface area (Å²) in [7, 11) is -3.66. The first-order valence-electron chi connectivity index (χ1n) is 9.97. The Morgan fingerprint density at radius 3 is 2.62 bits per heavy atom. The lowest BCUT2D eigenvalue weighted by atomic mass is 9.95. The first-order valence-corrected chi connectivity index (χ1v) is 12.4. The van der Waals surface area contributed by atoms with E-state index in [4.69, 9.17) is 4.28 Å². The van der Waals surface area contributed by atoms with Crippen molar-refractivity contribution in [2.24, 2.45) is 5.16 Å². The summed E-state index contributed by atoms with van der Waals surface area (Å²) in [5, 5.41) is 13.8. The zero-order chi connectivity index (χ0) is 21.1. The molecule has 29 heavy (non-hydrogen) atoms. The van der Waals surface area contributed by atoms with E-state index in [1.807, 2.05) is 43.3 Å². The number of nitriles is 1. The zero-order valence-corrected chi connectivity index (χ0v) is 18.6. The first-order chi connectivity index (χ1) is 13.9. The van der Waals surface area contributed by atoms with Crippen LogP contribution in [0, 0.1) is 18.3 Å². The van der Waals surface area contributed by atoms with Crippen molar-refractivity contribution in [3.63, 3.8) is 0 Å². The summed E-state index contributed by atoms with van der Waals surface area (Å²) < 4.78 is 28.8. The third-order valence-corrected chi connectivity index (χ3v) is 6.61. The fourth-order valence-electron chi connectivity index (χ4n) is 2.97. The standard InChI is InChI=1S/C22H28N2O3S2/c1-3-4-5-6-7-10-15-29(25,26)27-24-22-14-13-20(28-22)16-19(17-23)21-12-9-8-11-18(21)2/h8-9,11-14,16,19H,3-7,10,15H2,1-2H3. The summed E-state index contributed by atoms with van der Waals surface area (Å²) in [5.74, 6) is -0.392. The maximum absolute atomic E-state index is 12.0. The van der Waals surface area contributed by atoms with Crippen LogP contribution in [0.1, 0.15) is 62.5 Å². The second-order valence-corrected chi connectivity index (χ2v) is 9.77. The minimum Gasteiger partial charge on any atom is -0.267 e. The van der Waals surface area contributed by atoms with Gasteiger partial charge in [0.15, 0.2) is 0 Å². The van der Waals surface area contributed by atoms with Crippen LogP contribution in [0.15, 0.2) is 52.6 Å². The smallest absolute Gasteiger partial charge is 0.267 e. The highest BCUT2D eigenvalue weighted by Gasteiger charge is 2.17. The molecule has 0 N–H and O–H groups in total. The molecule has 0 saturated carbocycles. The quantitative estimate of drug-likeness (QED) is 0.326. The molecule has 1 atom stereocenters. The van der Waals surface area contributed by atoms with Crippen molar-refractivity contribution < 1.29 is 12.7 Å². The van der Waals surface area contributed by atoms with Crippen LogP contribution < -0.4 is 0 Å². The van der Waals surface area contributed by atoms with Crippen LogP contribution in [-0.2, 0) is 14.4 Å².